The van der Waals surface area contributed by atoms with Crippen LogP contribution < -0.4 is 4.90 Å². The smallest absolute Gasteiger partial charge is 0.225 e. The van der Waals surface area contributed by atoms with Gasteiger partial charge in [0.05, 0.1) is 0 Å². The fourth-order valence-electron chi connectivity index (χ4n) is 4.89. The van der Waals surface area contributed by atoms with Crippen molar-refractivity contribution in [3.8, 4) is 0 Å². The molecule has 1 aliphatic heterocycles. The van der Waals surface area contributed by atoms with Crippen molar-refractivity contribution in [2.75, 3.05) is 45.2 Å². The molecule has 1 amide bonds. The third-order valence-corrected chi connectivity index (χ3v) is 6.50. The number of hydrogen-bond acceptors (Lipinski definition) is 3. The number of nitrogens with zero attached hydrogens (tertiary/aromatic N) is 3. The second kappa shape index (κ2) is 11.1. The molecule has 0 unspecified atom stereocenters. The van der Waals surface area contributed by atoms with Crippen molar-refractivity contribution < 1.29 is 9.18 Å². The van der Waals surface area contributed by atoms with E-state index in [0.717, 1.165) is 31.7 Å². The van der Waals surface area contributed by atoms with Gasteiger partial charge in [0.15, 0.2) is 0 Å². The molecule has 5 heteroatoms. The molecule has 0 aliphatic carbocycles. The predicted octanol–water partition coefficient (Wildman–Crippen LogP) is 5.25. The van der Waals surface area contributed by atoms with E-state index in [9.17, 15) is 9.18 Å². The average molecular weight is 454 g/mol. The molecule has 0 radical (unpaired) electrons. The lowest BCUT2D eigenvalue weighted by Gasteiger charge is -2.31. The largest absolute Gasteiger partial charge is 0.378 e. The first kappa shape index (κ1) is 25.2. The van der Waals surface area contributed by atoms with Gasteiger partial charge in [0.2, 0.25) is 5.91 Å². The average Bonchev–Trinajstić information content (AvgIpc) is 3.14. The molecular weight excluding hydrogens is 413 g/mol. The fourth-order valence-corrected chi connectivity index (χ4v) is 4.89. The second-order valence-electron chi connectivity index (χ2n) is 10.5. The molecular formula is C28H40FN3O. The van der Waals surface area contributed by atoms with E-state index < -0.39 is 0 Å². The van der Waals surface area contributed by atoms with Gasteiger partial charge >= 0.3 is 0 Å². The standard InChI is InChI=1S/C28H40FN3O/c1-20(2)15-32(28(33)21(3)4)18-24-17-31(16-22-10-12-26(13-11-22)30(5)6)19-27(24)23-8-7-9-25(29)14-23/h7-14,20-21,24,27H,15-19H2,1-6H3/t24-,27+/m0/s1. The Morgan fingerprint density at radius 2 is 1.76 bits per heavy atom. The molecule has 0 N–H and O–H groups in total. The number of carbonyl (C=O) groups excluding carboxylic acids is 1. The minimum Gasteiger partial charge on any atom is -0.378 e. The monoisotopic (exact) mass is 453 g/mol. The molecule has 3 rings (SSSR count). The molecule has 1 aliphatic rings. The first-order valence-corrected chi connectivity index (χ1v) is 12.2. The van der Waals surface area contributed by atoms with Crippen LogP contribution in [0.4, 0.5) is 10.1 Å². The van der Waals surface area contributed by atoms with Crippen LogP contribution in [0.25, 0.3) is 0 Å². The van der Waals surface area contributed by atoms with E-state index >= 15 is 0 Å². The van der Waals surface area contributed by atoms with Crippen molar-refractivity contribution in [2.24, 2.45) is 17.8 Å². The quantitative estimate of drug-likeness (QED) is 0.519. The van der Waals surface area contributed by atoms with Crippen LogP contribution in [0.5, 0.6) is 0 Å². The SMILES string of the molecule is CC(C)CN(C[C@@H]1CN(Cc2ccc(N(C)C)cc2)C[C@@H]1c1cccc(F)c1)C(=O)C(C)C. The van der Waals surface area contributed by atoms with E-state index in [2.05, 4.69) is 47.9 Å². The van der Waals surface area contributed by atoms with E-state index in [-0.39, 0.29) is 29.5 Å². The molecule has 0 aromatic heterocycles. The second-order valence-corrected chi connectivity index (χ2v) is 10.5. The Balaban J connectivity index is 1.81. The molecule has 4 nitrogen and oxygen atoms in total. The van der Waals surface area contributed by atoms with E-state index in [0.29, 0.717) is 12.5 Å². The van der Waals surface area contributed by atoms with Crippen LogP contribution >= 0.6 is 0 Å². The molecule has 0 spiro atoms. The summed E-state index contributed by atoms with van der Waals surface area (Å²) in [5, 5.41) is 0. The zero-order valence-electron chi connectivity index (χ0n) is 21.1. The van der Waals surface area contributed by atoms with Gasteiger partial charge in [-0.25, -0.2) is 4.39 Å². The van der Waals surface area contributed by atoms with Crippen LogP contribution in [-0.4, -0.2) is 56.0 Å². The minimum atomic E-state index is -0.193. The highest BCUT2D eigenvalue weighted by Gasteiger charge is 2.36. The molecule has 1 saturated heterocycles. The molecule has 2 aromatic rings. The Morgan fingerprint density at radius 1 is 1.06 bits per heavy atom. The molecule has 1 fully saturated rings. The van der Waals surface area contributed by atoms with E-state index in [1.807, 2.05) is 38.9 Å². The third kappa shape index (κ3) is 6.80. The van der Waals surface area contributed by atoms with Crippen LogP contribution in [0, 0.1) is 23.6 Å². The van der Waals surface area contributed by atoms with Crippen LogP contribution in [0.1, 0.15) is 44.7 Å². The first-order chi connectivity index (χ1) is 15.6. The highest BCUT2D eigenvalue weighted by Crippen LogP contribution is 2.35. The number of hydrogen-bond donors (Lipinski definition) is 0. The van der Waals surface area contributed by atoms with Crippen molar-refractivity contribution >= 4 is 11.6 Å². The summed E-state index contributed by atoms with van der Waals surface area (Å²) in [6, 6.07) is 15.7. The molecule has 0 bridgehead atoms. The maximum Gasteiger partial charge on any atom is 0.225 e. The molecule has 2 atom stereocenters. The normalized spacial score (nSPS) is 18.8. The Hall–Kier alpha value is -2.40. The summed E-state index contributed by atoms with van der Waals surface area (Å²) < 4.78 is 14.1. The summed E-state index contributed by atoms with van der Waals surface area (Å²) in [5.41, 5.74) is 3.50. The number of benzene rings is 2. The van der Waals surface area contributed by atoms with E-state index in [1.165, 1.54) is 17.3 Å². The van der Waals surface area contributed by atoms with Crippen molar-refractivity contribution in [2.45, 2.75) is 40.2 Å². The topological polar surface area (TPSA) is 26.8 Å². The Kier molecular flexibility index (Phi) is 8.52. The van der Waals surface area contributed by atoms with Crippen LogP contribution in [-0.2, 0) is 11.3 Å². The predicted molar refractivity (Wildman–Crippen MR) is 135 cm³/mol. The van der Waals surface area contributed by atoms with Gasteiger partial charge in [-0.05, 0) is 47.2 Å². The number of likely N-dealkylation sites (tertiary alicyclic amines) is 1. The minimum absolute atomic E-state index is 0.0240. The summed E-state index contributed by atoms with van der Waals surface area (Å²) in [6.07, 6.45) is 0. The van der Waals surface area contributed by atoms with Crippen LogP contribution in [0.15, 0.2) is 48.5 Å². The molecule has 0 saturated carbocycles. The summed E-state index contributed by atoms with van der Waals surface area (Å²) in [6.45, 7) is 12.4. The number of anilines is 1. The van der Waals surface area contributed by atoms with Gasteiger partial charge in [0.1, 0.15) is 5.82 Å². The zero-order valence-corrected chi connectivity index (χ0v) is 21.1. The maximum absolute atomic E-state index is 14.1. The number of rotatable bonds is 9. The van der Waals surface area contributed by atoms with Crippen LogP contribution in [0.2, 0.25) is 0 Å². The summed E-state index contributed by atoms with van der Waals surface area (Å²) in [7, 11) is 4.09. The molecule has 180 valence electrons. The lowest BCUT2D eigenvalue weighted by atomic mass is 9.88. The molecule has 33 heavy (non-hydrogen) atoms. The van der Waals surface area contributed by atoms with Gasteiger partial charge in [0.25, 0.3) is 0 Å². The van der Waals surface area contributed by atoms with Crippen molar-refractivity contribution in [3.05, 3.63) is 65.5 Å². The summed E-state index contributed by atoms with van der Waals surface area (Å²) >= 11 is 0. The Bertz CT molecular complexity index is 910. The number of halogens is 1. The first-order valence-electron chi connectivity index (χ1n) is 12.2. The van der Waals surface area contributed by atoms with Gasteiger partial charge in [-0.3, -0.25) is 9.69 Å². The lowest BCUT2D eigenvalue weighted by Crippen LogP contribution is -2.41. The lowest BCUT2D eigenvalue weighted by molar-refractivity contribution is -0.135. The Morgan fingerprint density at radius 3 is 2.33 bits per heavy atom. The maximum atomic E-state index is 14.1. The van der Waals surface area contributed by atoms with Crippen molar-refractivity contribution in [3.63, 3.8) is 0 Å². The van der Waals surface area contributed by atoms with Gasteiger partial charge < -0.3 is 9.80 Å². The third-order valence-electron chi connectivity index (χ3n) is 6.50. The number of amides is 1. The molecule has 1 heterocycles. The van der Waals surface area contributed by atoms with Crippen LogP contribution in [0.3, 0.4) is 0 Å². The highest BCUT2D eigenvalue weighted by atomic mass is 19.1. The van der Waals surface area contributed by atoms with Gasteiger partial charge in [0, 0.05) is 64.3 Å². The van der Waals surface area contributed by atoms with Crippen molar-refractivity contribution in [1.29, 1.82) is 0 Å². The van der Waals surface area contributed by atoms with E-state index in [1.54, 1.807) is 12.1 Å². The summed E-state index contributed by atoms with van der Waals surface area (Å²) in [4.78, 5) is 19.6. The van der Waals surface area contributed by atoms with Gasteiger partial charge in [-0.1, -0.05) is 52.0 Å². The number of carbonyl (C=O) groups is 1. The highest BCUT2D eigenvalue weighted by molar-refractivity contribution is 5.78. The van der Waals surface area contributed by atoms with Gasteiger partial charge in [-0.15, -0.1) is 0 Å². The zero-order chi connectivity index (χ0) is 24.1. The molecule has 2 aromatic carbocycles. The summed E-state index contributed by atoms with van der Waals surface area (Å²) in [5.74, 6) is 0.878. The Labute approximate surface area is 199 Å². The van der Waals surface area contributed by atoms with Crippen molar-refractivity contribution in [1.82, 2.24) is 9.80 Å². The fraction of sp³-hybridized carbons (Fsp3) is 0.536. The van der Waals surface area contributed by atoms with Gasteiger partial charge in [-0.2, -0.15) is 0 Å². The van der Waals surface area contributed by atoms with E-state index in [4.69, 9.17) is 0 Å².